The highest BCUT2D eigenvalue weighted by molar-refractivity contribution is 5.98. The molecule has 1 aliphatic rings. The molecule has 1 saturated carbocycles. The van der Waals surface area contributed by atoms with Gasteiger partial charge in [-0.3, -0.25) is 9.59 Å². The molecule has 0 saturated heterocycles. The average molecular weight is 289 g/mol. The lowest BCUT2D eigenvalue weighted by atomic mass is 9.76. The first-order valence-corrected chi connectivity index (χ1v) is 7.37. The van der Waals surface area contributed by atoms with Crippen LogP contribution in [-0.4, -0.2) is 17.4 Å². The Kier molecular flexibility index (Phi) is 4.63. The SMILES string of the molecule is CC1CCCC(N)(C(=O)Nc2ccc(CC(N)=O)cc2)C1. The van der Waals surface area contributed by atoms with Gasteiger partial charge in [0.1, 0.15) is 0 Å². The van der Waals surface area contributed by atoms with Gasteiger partial charge in [0.15, 0.2) is 0 Å². The molecule has 0 spiro atoms. The molecule has 1 fully saturated rings. The van der Waals surface area contributed by atoms with E-state index in [2.05, 4.69) is 12.2 Å². The minimum Gasteiger partial charge on any atom is -0.369 e. The lowest BCUT2D eigenvalue weighted by Crippen LogP contribution is -2.53. The Hall–Kier alpha value is -1.88. The molecule has 1 aliphatic carbocycles. The molecule has 114 valence electrons. The van der Waals surface area contributed by atoms with Crippen molar-refractivity contribution in [3.63, 3.8) is 0 Å². The number of carbonyl (C=O) groups excluding carboxylic acids is 2. The first-order chi connectivity index (χ1) is 9.89. The number of nitrogens with one attached hydrogen (secondary N) is 1. The fraction of sp³-hybridized carbons (Fsp3) is 0.500. The Morgan fingerprint density at radius 1 is 1.33 bits per heavy atom. The summed E-state index contributed by atoms with van der Waals surface area (Å²) < 4.78 is 0. The lowest BCUT2D eigenvalue weighted by molar-refractivity contribution is -0.122. The number of amides is 2. The Bertz CT molecular complexity index is 527. The van der Waals surface area contributed by atoms with E-state index in [1.54, 1.807) is 24.3 Å². The summed E-state index contributed by atoms with van der Waals surface area (Å²) in [5.74, 6) is -0.0203. The van der Waals surface area contributed by atoms with Gasteiger partial charge in [-0.1, -0.05) is 31.9 Å². The van der Waals surface area contributed by atoms with Gasteiger partial charge in [0.2, 0.25) is 11.8 Å². The van der Waals surface area contributed by atoms with E-state index in [-0.39, 0.29) is 18.2 Å². The van der Waals surface area contributed by atoms with Crippen LogP contribution in [0.3, 0.4) is 0 Å². The second kappa shape index (κ2) is 6.26. The normalized spacial score (nSPS) is 25.3. The predicted octanol–water partition coefficient (Wildman–Crippen LogP) is 1.56. The molecule has 2 rings (SSSR count). The zero-order valence-electron chi connectivity index (χ0n) is 12.4. The van der Waals surface area contributed by atoms with E-state index < -0.39 is 5.54 Å². The molecule has 1 aromatic carbocycles. The largest absolute Gasteiger partial charge is 0.369 e. The third kappa shape index (κ3) is 4.04. The molecule has 5 heteroatoms. The summed E-state index contributed by atoms with van der Waals surface area (Å²) in [6, 6.07) is 7.11. The molecule has 2 amide bonds. The van der Waals surface area contributed by atoms with Gasteiger partial charge < -0.3 is 16.8 Å². The van der Waals surface area contributed by atoms with E-state index >= 15 is 0 Å². The van der Waals surface area contributed by atoms with Gasteiger partial charge in [0.25, 0.3) is 0 Å². The third-order valence-corrected chi connectivity index (χ3v) is 4.07. The zero-order valence-corrected chi connectivity index (χ0v) is 12.4. The van der Waals surface area contributed by atoms with Crippen LogP contribution in [0.15, 0.2) is 24.3 Å². The number of hydrogen-bond acceptors (Lipinski definition) is 3. The smallest absolute Gasteiger partial charge is 0.244 e. The van der Waals surface area contributed by atoms with Gasteiger partial charge >= 0.3 is 0 Å². The Morgan fingerprint density at radius 2 is 2.00 bits per heavy atom. The van der Waals surface area contributed by atoms with Crippen molar-refractivity contribution < 1.29 is 9.59 Å². The van der Waals surface area contributed by atoms with Crippen molar-refractivity contribution in [2.75, 3.05) is 5.32 Å². The minimum atomic E-state index is -0.774. The molecule has 0 aromatic heterocycles. The summed E-state index contributed by atoms with van der Waals surface area (Å²) in [5.41, 5.74) is 12.2. The first-order valence-electron chi connectivity index (χ1n) is 7.37. The molecule has 0 bridgehead atoms. The molecular weight excluding hydrogens is 266 g/mol. The molecule has 1 aromatic rings. The number of nitrogens with two attached hydrogens (primary N) is 2. The van der Waals surface area contributed by atoms with Gasteiger partial charge in [-0.15, -0.1) is 0 Å². The number of anilines is 1. The number of hydrogen-bond donors (Lipinski definition) is 3. The van der Waals surface area contributed by atoms with Crippen molar-refractivity contribution in [2.24, 2.45) is 17.4 Å². The molecule has 0 aliphatic heterocycles. The maximum absolute atomic E-state index is 12.4. The molecule has 0 heterocycles. The Labute approximate surface area is 125 Å². The van der Waals surface area contributed by atoms with Crippen LogP contribution in [0.2, 0.25) is 0 Å². The predicted molar refractivity (Wildman–Crippen MR) is 82.5 cm³/mol. The maximum atomic E-state index is 12.4. The van der Waals surface area contributed by atoms with Crippen LogP contribution in [0.4, 0.5) is 5.69 Å². The Balaban J connectivity index is 2.00. The fourth-order valence-electron chi connectivity index (χ4n) is 2.96. The van der Waals surface area contributed by atoms with Gasteiger partial charge in [-0.05, 0) is 36.5 Å². The number of benzene rings is 1. The van der Waals surface area contributed by atoms with Crippen LogP contribution < -0.4 is 16.8 Å². The zero-order chi connectivity index (χ0) is 15.5. The second-order valence-electron chi connectivity index (χ2n) is 6.15. The lowest BCUT2D eigenvalue weighted by Gasteiger charge is -2.35. The van der Waals surface area contributed by atoms with Crippen molar-refractivity contribution >= 4 is 17.5 Å². The summed E-state index contributed by atoms with van der Waals surface area (Å²) >= 11 is 0. The van der Waals surface area contributed by atoms with Crippen molar-refractivity contribution in [2.45, 2.75) is 44.6 Å². The number of rotatable bonds is 4. The molecular formula is C16H23N3O2. The van der Waals surface area contributed by atoms with Gasteiger partial charge in [0, 0.05) is 5.69 Å². The van der Waals surface area contributed by atoms with Crippen LogP contribution >= 0.6 is 0 Å². The van der Waals surface area contributed by atoms with E-state index in [0.717, 1.165) is 31.2 Å². The molecule has 0 radical (unpaired) electrons. The van der Waals surface area contributed by atoms with Crippen LogP contribution in [0.1, 0.15) is 38.2 Å². The highest BCUT2D eigenvalue weighted by Crippen LogP contribution is 2.31. The first kappa shape index (κ1) is 15.5. The van der Waals surface area contributed by atoms with Gasteiger partial charge in [-0.2, -0.15) is 0 Å². The van der Waals surface area contributed by atoms with Crippen LogP contribution in [-0.2, 0) is 16.0 Å². The molecule has 5 N–H and O–H groups in total. The summed E-state index contributed by atoms with van der Waals surface area (Å²) in [6.45, 7) is 2.13. The van der Waals surface area contributed by atoms with Gasteiger partial charge in [0.05, 0.1) is 12.0 Å². The minimum absolute atomic E-state index is 0.128. The fourth-order valence-corrected chi connectivity index (χ4v) is 2.96. The molecule has 2 atom stereocenters. The van der Waals surface area contributed by atoms with Crippen LogP contribution in [0, 0.1) is 5.92 Å². The van der Waals surface area contributed by atoms with Crippen molar-refractivity contribution in [1.82, 2.24) is 0 Å². The van der Waals surface area contributed by atoms with E-state index in [1.165, 1.54) is 0 Å². The summed E-state index contributed by atoms with van der Waals surface area (Å²) in [4.78, 5) is 23.2. The van der Waals surface area contributed by atoms with Crippen LogP contribution in [0.25, 0.3) is 0 Å². The van der Waals surface area contributed by atoms with Crippen LogP contribution in [0.5, 0.6) is 0 Å². The second-order valence-corrected chi connectivity index (χ2v) is 6.15. The number of primary amides is 1. The number of carbonyl (C=O) groups is 2. The van der Waals surface area contributed by atoms with E-state index in [1.807, 2.05) is 0 Å². The summed E-state index contributed by atoms with van der Waals surface area (Å²) in [7, 11) is 0. The highest BCUT2D eigenvalue weighted by atomic mass is 16.2. The topological polar surface area (TPSA) is 98.2 Å². The average Bonchev–Trinajstić information content (AvgIpc) is 2.40. The van der Waals surface area contributed by atoms with Gasteiger partial charge in [-0.25, -0.2) is 0 Å². The summed E-state index contributed by atoms with van der Waals surface area (Å²) in [6.07, 6.45) is 3.77. The third-order valence-electron chi connectivity index (χ3n) is 4.07. The van der Waals surface area contributed by atoms with Crippen molar-refractivity contribution in [3.05, 3.63) is 29.8 Å². The van der Waals surface area contributed by atoms with Crippen molar-refractivity contribution in [3.8, 4) is 0 Å². The van der Waals surface area contributed by atoms with Crippen molar-refractivity contribution in [1.29, 1.82) is 0 Å². The maximum Gasteiger partial charge on any atom is 0.244 e. The summed E-state index contributed by atoms with van der Waals surface area (Å²) in [5, 5.41) is 2.87. The molecule has 2 unspecified atom stereocenters. The van der Waals surface area contributed by atoms with E-state index in [0.29, 0.717) is 11.6 Å². The Morgan fingerprint density at radius 3 is 2.57 bits per heavy atom. The van der Waals surface area contributed by atoms with E-state index in [9.17, 15) is 9.59 Å². The highest BCUT2D eigenvalue weighted by Gasteiger charge is 2.37. The standard InChI is InChI=1S/C16H23N3O2/c1-11-3-2-8-16(18,10-11)15(21)19-13-6-4-12(5-7-13)9-14(17)20/h4-7,11H,2-3,8-10,18H2,1H3,(H2,17,20)(H,19,21). The molecule has 5 nitrogen and oxygen atoms in total. The van der Waals surface area contributed by atoms with E-state index in [4.69, 9.17) is 11.5 Å². The molecule has 21 heavy (non-hydrogen) atoms. The monoisotopic (exact) mass is 289 g/mol. The quantitative estimate of drug-likeness (QED) is 0.784.